The number of aliphatic carboxylic acids is 1. The highest BCUT2D eigenvalue weighted by Crippen LogP contribution is 2.36. The first kappa shape index (κ1) is 20.7. The fraction of sp³-hybridized carbons (Fsp3) is 0.800. The van der Waals surface area contributed by atoms with E-state index in [-0.39, 0.29) is 12.0 Å². The Bertz CT molecular complexity index is 491. The van der Waals surface area contributed by atoms with Crippen molar-refractivity contribution < 1.29 is 32.8 Å². The summed E-state index contributed by atoms with van der Waals surface area (Å²) in [5.74, 6) is -0.643. The Morgan fingerprint density at radius 2 is 1.77 bits per heavy atom. The van der Waals surface area contributed by atoms with Gasteiger partial charge in [-0.05, 0) is 11.6 Å². The number of hydroxylamine groups is 2. The van der Waals surface area contributed by atoms with Crippen molar-refractivity contribution in [3.63, 3.8) is 0 Å². The van der Waals surface area contributed by atoms with E-state index >= 15 is 0 Å². The third kappa shape index (κ3) is 6.64. The first-order valence-electron chi connectivity index (χ1n) is 5.95. The smallest absolute Gasteiger partial charge is 0.300 e. The average Bonchev–Trinajstić information content (AvgIpc) is 3.17. The van der Waals surface area contributed by atoms with Gasteiger partial charge in [0.15, 0.2) is 0 Å². The molecule has 2 unspecified atom stereocenters. The number of rotatable bonds is 5. The topological polar surface area (TPSA) is 118 Å². The van der Waals surface area contributed by atoms with E-state index in [1.165, 1.54) is 21.3 Å². The maximum Gasteiger partial charge on any atom is 0.300 e. The summed E-state index contributed by atoms with van der Waals surface area (Å²) >= 11 is 0. The van der Waals surface area contributed by atoms with E-state index in [2.05, 4.69) is 9.99 Å². The third-order valence-electron chi connectivity index (χ3n) is 2.54. The molecule has 1 N–H and O–H groups in total. The fourth-order valence-corrected chi connectivity index (χ4v) is 3.12. The summed E-state index contributed by atoms with van der Waals surface area (Å²) in [6.45, 7) is 1.08. The van der Waals surface area contributed by atoms with E-state index in [0.717, 1.165) is 12.2 Å². The van der Waals surface area contributed by atoms with E-state index < -0.39 is 20.3 Å². The SMILES string of the molecule is CC(=O)O.CON=C(N(OC)OC)N(C)C1CC1S(=O)(=O)Cl. The van der Waals surface area contributed by atoms with Gasteiger partial charge >= 0.3 is 0 Å². The standard InChI is InChI=1S/C8H16ClN3O5S.C2H4O2/c1-11(6-5-7(6)18(9,13)14)8(10-15-2)12(16-3)17-4;1-2(3)4/h6-7H,5H2,1-4H3;1H3,(H,3,4). The van der Waals surface area contributed by atoms with Crippen molar-refractivity contribution in [2.75, 3.05) is 28.4 Å². The normalized spacial score (nSPS) is 20.5. The molecule has 0 spiro atoms. The Morgan fingerprint density at radius 1 is 1.32 bits per heavy atom. The molecule has 130 valence electrons. The summed E-state index contributed by atoms with van der Waals surface area (Å²) in [4.78, 5) is 25.1. The van der Waals surface area contributed by atoms with Crippen molar-refractivity contribution >= 4 is 31.7 Å². The summed E-state index contributed by atoms with van der Waals surface area (Å²) in [5.41, 5.74) is 0. The lowest BCUT2D eigenvalue weighted by atomic mass is 10.6. The predicted molar refractivity (Wildman–Crippen MR) is 78.3 cm³/mol. The zero-order chi connectivity index (χ0) is 17.5. The van der Waals surface area contributed by atoms with Crippen molar-refractivity contribution in [2.24, 2.45) is 5.16 Å². The van der Waals surface area contributed by atoms with Crippen LogP contribution in [0.25, 0.3) is 0 Å². The maximum absolute atomic E-state index is 11.2. The van der Waals surface area contributed by atoms with Crippen LogP contribution in [0.15, 0.2) is 5.16 Å². The lowest BCUT2D eigenvalue weighted by molar-refractivity contribution is -0.294. The average molecular weight is 362 g/mol. The summed E-state index contributed by atoms with van der Waals surface area (Å²) in [5, 5.41) is 11.5. The lowest BCUT2D eigenvalue weighted by Gasteiger charge is -2.26. The second kappa shape index (κ2) is 8.98. The molecule has 1 aliphatic carbocycles. The van der Waals surface area contributed by atoms with Gasteiger partial charge in [-0.15, -0.1) is 0 Å². The number of carboxylic acid groups (broad SMARTS) is 1. The summed E-state index contributed by atoms with van der Waals surface area (Å²) in [7, 11) is 7.49. The monoisotopic (exact) mass is 361 g/mol. The highest BCUT2D eigenvalue weighted by Gasteiger charge is 2.51. The molecular formula is C10H20ClN3O7S. The molecule has 22 heavy (non-hydrogen) atoms. The van der Waals surface area contributed by atoms with Crippen LogP contribution in [0.2, 0.25) is 0 Å². The molecule has 0 bridgehead atoms. The molecule has 1 aliphatic rings. The van der Waals surface area contributed by atoms with E-state index in [4.69, 9.17) is 30.3 Å². The van der Waals surface area contributed by atoms with E-state index in [0.29, 0.717) is 6.42 Å². The molecule has 2 atom stereocenters. The number of carboxylic acids is 1. The molecule has 12 heteroatoms. The minimum absolute atomic E-state index is 0.190. The van der Waals surface area contributed by atoms with Crippen molar-refractivity contribution in [1.29, 1.82) is 0 Å². The Hall–Kier alpha value is -1.30. The van der Waals surface area contributed by atoms with Gasteiger partial charge in [-0.3, -0.25) is 4.79 Å². The van der Waals surface area contributed by atoms with E-state index in [9.17, 15) is 8.42 Å². The second-order valence-electron chi connectivity index (χ2n) is 4.14. The third-order valence-corrected chi connectivity index (χ3v) is 4.46. The molecule has 0 aromatic rings. The Balaban J connectivity index is 0.000000980. The highest BCUT2D eigenvalue weighted by molar-refractivity contribution is 8.14. The van der Waals surface area contributed by atoms with Crippen LogP contribution >= 0.6 is 10.7 Å². The molecule has 0 heterocycles. The minimum atomic E-state index is -3.58. The van der Waals surface area contributed by atoms with Crippen LogP contribution in [0, 0.1) is 0 Å². The number of nitrogens with zero attached hydrogens (tertiary/aromatic N) is 3. The zero-order valence-electron chi connectivity index (χ0n) is 12.9. The van der Waals surface area contributed by atoms with Gasteiger partial charge in [-0.2, -0.15) is 0 Å². The molecule has 0 amide bonds. The summed E-state index contributed by atoms with van der Waals surface area (Å²) < 4.78 is 22.4. The van der Waals surface area contributed by atoms with Gasteiger partial charge in [0.25, 0.3) is 11.9 Å². The van der Waals surface area contributed by atoms with Crippen molar-refractivity contribution in [3.05, 3.63) is 0 Å². The molecule has 1 rings (SSSR count). The molecule has 0 saturated heterocycles. The van der Waals surface area contributed by atoms with Crippen molar-refractivity contribution in [2.45, 2.75) is 24.6 Å². The number of guanidine groups is 1. The van der Waals surface area contributed by atoms with Crippen LogP contribution in [0.5, 0.6) is 0 Å². The summed E-state index contributed by atoms with van der Waals surface area (Å²) in [6, 6.07) is -0.283. The minimum Gasteiger partial charge on any atom is -0.481 e. The Morgan fingerprint density at radius 3 is 2.05 bits per heavy atom. The fourth-order valence-electron chi connectivity index (χ4n) is 1.56. The van der Waals surface area contributed by atoms with Crippen LogP contribution in [-0.4, -0.2) is 75.2 Å². The van der Waals surface area contributed by atoms with Crippen molar-refractivity contribution in [3.8, 4) is 0 Å². The Kier molecular flexibility index (Phi) is 8.45. The van der Waals surface area contributed by atoms with Crippen LogP contribution < -0.4 is 0 Å². The Labute approximate surface area is 133 Å². The number of hydrogen-bond acceptors (Lipinski definition) is 7. The largest absolute Gasteiger partial charge is 0.481 e. The molecule has 10 nitrogen and oxygen atoms in total. The van der Waals surface area contributed by atoms with Crippen LogP contribution in [-0.2, 0) is 28.4 Å². The van der Waals surface area contributed by atoms with Gasteiger partial charge in [0.2, 0.25) is 9.05 Å². The first-order chi connectivity index (χ1) is 10.1. The number of carbonyl (C=O) groups is 1. The molecule has 0 aliphatic heterocycles. The van der Waals surface area contributed by atoms with Crippen molar-refractivity contribution in [1.82, 2.24) is 10.1 Å². The van der Waals surface area contributed by atoms with Gasteiger partial charge in [0.1, 0.15) is 7.11 Å². The van der Waals surface area contributed by atoms with Gasteiger partial charge in [-0.25, -0.2) is 18.1 Å². The predicted octanol–water partition coefficient (Wildman–Crippen LogP) is 0.0608. The summed E-state index contributed by atoms with van der Waals surface area (Å²) in [6.07, 6.45) is 0.423. The van der Waals surface area contributed by atoms with Crippen LogP contribution in [0.3, 0.4) is 0 Å². The van der Waals surface area contributed by atoms with E-state index in [1.807, 2.05) is 0 Å². The second-order valence-corrected chi connectivity index (χ2v) is 6.99. The van der Waals surface area contributed by atoms with Gasteiger partial charge < -0.3 is 14.8 Å². The molecule has 0 aromatic heterocycles. The molecule has 1 fully saturated rings. The quantitative estimate of drug-likeness (QED) is 0.314. The number of halogens is 1. The molecule has 1 saturated carbocycles. The number of oxime groups is 1. The molecule has 0 radical (unpaired) electrons. The van der Waals surface area contributed by atoms with E-state index in [1.54, 1.807) is 11.9 Å². The molecular weight excluding hydrogens is 342 g/mol. The maximum atomic E-state index is 11.2. The zero-order valence-corrected chi connectivity index (χ0v) is 14.5. The van der Waals surface area contributed by atoms with Gasteiger partial charge in [0.05, 0.1) is 25.5 Å². The lowest BCUT2D eigenvalue weighted by Crippen LogP contribution is -2.43. The van der Waals surface area contributed by atoms with Gasteiger partial charge in [0, 0.05) is 24.7 Å². The molecule has 0 aromatic carbocycles. The van der Waals surface area contributed by atoms with Crippen LogP contribution in [0.4, 0.5) is 0 Å². The number of hydrogen-bond donors (Lipinski definition) is 1. The first-order valence-corrected chi connectivity index (χ1v) is 8.32. The van der Waals surface area contributed by atoms with Crippen LogP contribution in [0.1, 0.15) is 13.3 Å². The van der Waals surface area contributed by atoms with Gasteiger partial charge in [-0.1, -0.05) is 5.23 Å². The highest BCUT2D eigenvalue weighted by atomic mass is 35.7.